The number of hydrogen-bond acceptors (Lipinski definition) is 4. The van der Waals surface area contributed by atoms with E-state index in [-0.39, 0.29) is 0 Å². The Kier molecular flexibility index (Phi) is 7.33. The molecule has 0 atom stereocenters. The van der Waals surface area contributed by atoms with Crippen molar-refractivity contribution in [2.24, 2.45) is 0 Å². The Balaban J connectivity index is 1.05. The van der Waals surface area contributed by atoms with Gasteiger partial charge in [-0.1, -0.05) is 164 Å². The molecule has 0 aliphatic carbocycles. The third-order valence-electron chi connectivity index (χ3n) is 13.1. The van der Waals surface area contributed by atoms with Gasteiger partial charge in [0, 0.05) is 43.4 Å². The summed E-state index contributed by atoms with van der Waals surface area (Å²) in [4.78, 5) is 15.7. The number of nitrogens with zero attached hydrogens (tertiary/aromatic N) is 4. The second-order valence-corrected chi connectivity index (χ2v) is 16.7. The van der Waals surface area contributed by atoms with Gasteiger partial charge in [-0.15, -0.1) is 0 Å². The number of fused-ring (bicyclic) bond motifs is 13. The van der Waals surface area contributed by atoms with E-state index in [9.17, 15) is 0 Å². The van der Waals surface area contributed by atoms with Crippen molar-refractivity contribution in [3.05, 3.63) is 206 Å². The average molecular weight is 815 g/mol. The number of aromatic nitrogens is 4. The van der Waals surface area contributed by atoms with Crippen LogP contribution in [0.2, 0.25) is 0 Å². The number of furan rings is 1. The lowest BCUT2D eigenvalue weighted by Gasteiger charge is -2.13. The Morgan fingerprint density at radius 3 is 1.48 bits per heavy atom. The Morgan fingerprint density at radius 1 is 0.297 bits per heavy atom. The summed E-state index contributed by atoms with van der Waals surface area (Å²) < 4.78 is 9.59. The van der Waals surface area contributed by atoms with E-state index in [4.69, 9.17) is 19.4 Å². The Morgan fingerprint density at radius 2 is 0.797 bits per heavy atom. The molecule has 0 fully saturated rings. The largest absolute Gasteiger partial charge is 0.455 e. The summed E-state index contributed by atoms with van der Waals surface area (Å²) in [7, 11) is 0. The van der Waals surface area contributed by atoms with Crippen LogP contribution in [0.5, 0.6) is 0 Å². The minimum absolute atomic E-state index is 0.552. The molecule has 0 radical (unpaired) electrons. The van der Waals surface area contributed by atoms with E-state index in [1.165, 1.54) is 37.7 Å². The van der Waals surface area contributed by atoms with E-state index in [1.807, 2.05) is 18.2 Å². The fourth-order valence-electron chi connectivity index (χ4n) is 10.2. The van der Waals surface area contributed by atoms with E-state index in [2.05, 4.69) is 193 Å². The van der Waals surface area contributed by atoms with Crippen LogP contribution in [0.1, 0.15) is 0 Å². The van der Waals surface area contributed by atoms with Gasteiger partial charge in [-0.25, -0.2) is 15.0 Å². The fourth-order valence-corrected chi connectivity index (χ4v) is 10.2. The molecule has 0 amide bonds. The highest BCUT2D eigenvalue weighted by Crippen LogP contribution is 2.44. The van der Waals surface area contributed by atoms with Crippen LogP contribution >= 0.6 is 0 Å². The first kappa shape index (κ1) is 35.0. The van der Waals surface area contributed by atoms with Crippen molar-refractivity contribution in [2.75, 3.05) is 0 Å². The van der Waals surface area contributed by atoms with Gasteiger partial charge in [-0.2, -0.15) is 0 Å². The number of benzene rings is 11. The molecule has 14 aromatic rings. The molecule has 0 N–H and O–H groups in total. The smallest absolute Gasteiger partial charge is 0.167 e. The second kappa shape index (κ2) is 13.4. The minimum Gasteiger partial charge on any atom is -0.455 e. The average Bonchev–Trinajstić information content (AvgIpc) is 3.89. The van der Waals surface area contributed by atoms with Gasteiger partial charge in [0.25, 0.3) is 0 Å². The number of rotatable bonds is 4. The van der Waals surface area contributed by atoms with Gasteiger partial charge in [0.15, 0.2) is 17.5 Å². The topological polar surface area (TPSA) is 56.7 Å². The van der Waals surface area contributed by atoms with Crippen LogP contribution < -0.4 is 0 Å². The van der Waals surface area contributed by atoms with Crippen molar-refractivity contribution in [3.63, 3.8) is 0 Å². The van der Waals surface area contributed by atoms with Gasteiger partial charge in [0.05, 0.1) is 22.3 Å². The monoisotopic (exact) mass is 814 g/mol. The molecule has 0 aliphatic heterocycles. The molecular formula is C59H34N4O. The first-order chi connectivity index (χ1) is 31.7. The van der Waals surface area contributed by atoms with E-state index < -0.39 is 0 Å². The minimum atomic E-state index is 0.552. The molecule has 296 valence electrons. The maximum Gasteiger partial charge on any atom is 0.167 e. The van der Waals surface area contributed by atoms with Crippen LogP contribution in [0.25, 0.3) is 137 Å². The molecule has 0 saturated heterocycles. The van der Waals surface area contributed by atoms with Crippen LogP contribution in [0, 0.1) is 0 Å². The van der Waals surface area contributed by atoms with Gasteiger partial charge < -0.3 is 8.98 Å². The van der Waals surface area contributed by atoms with Gasteiger partial charge >= 0.3 is 0 Å². The van der Waals surface area contributed by atoms with Gasteiger partial charge in [-0.05, 0) is 85.6 Å². The molecule has 0 aliphatic rings. The highest BCUT2D eigenvalue weighted by Gasteiger charge is 2.23. The highest BCUT2D eigenvalue weighted by molar-refractivity contribution is 6.22. The van der Waals surface area contributed by atoms with E-state index in [1.54, 1.807) is 0 Å². The molecule has 0 bridgehead atoms. The Bertz CT molecular complexity index is 4170. The third-order valence-corrected chi connectivity index (χ3v) is 13.1. The van der Waals surface area contributed by atoms with Crippen LogP contribution in [0.3, 0.4) is 0 Å². The van der Waals surface area contributed by atoms with E-state index >= 15 is 0 Å². The molecule has 3 aromatic heterocycles. The van der Waals surface area contributed by atoms with Crippen molar-refractivity contribution < 1.29 is 4.42 Å². The summed E-state index contributed by atoms with van der Waals surface area (Å²) in [5, 5.41) is 16.0. The molecular weight excluding hydrogens is 781 g/mol. The zero-order valence-electron chi connectivity index (χ0n) is 34.3. The summed E-state index contributed by atoms with van der Waals surface area (Å²) >= 11 is 0. The molecule has 3 heterocycles. The van der Waals surface area contributed by atoms with Crippen LogP contribution in [-0.4, -0.2) is 19.5 Å². The van der Waals surface area contributed by atoms with Gasteiger partial charge in [-0.3, -0.25) is 0 Å². The fraction of sp³-hybridized carbons (Fsp3) is 0. The Labute approximate surface area is 366 Å². The van der Waals surface area contributed by atoms with Crippen molar-refractivity contribution in [1.82, 2.24) is 19.5 Å². The second-order valence-electron chi connectivity index (χ2n) is 16.7. The predicted molar refractivity (Wildman–Crippen MR) is 265 cm³/mol. The van der Waals surface area contributed by atoms with Gasteiger partial charge in [0.1, 0.15) is 11.2 Å². The standard InChI is InChI=1S/C59H34N4O/c1-2-15-35(16-3-1)57-60-58(62-59(61-57)51-31-40-21-8-9-22-41(40)42-23-10-11-24-43(42)51)47-28-14-27-46-50-34-54(44-25-12-13-26-45(44)56(50)64-55(46)47)63-52-32-38-19-6-4-17-36(38)29-48(52)49-30-37-18-5-7-20-39(37)33-53(49)63/h1-34H. The van der Waals surface area contributed by atoms with Crippen LogP contribution in [-0.2, 0) is 0 Å². The predicted octanol–water partition coefficient (Wildman–Crippen LogP) is 15.6. The lowest BCUT2D eigenvalue weighted by atomic mass is 9.97. The molecule has 64 heavy (non-hydrogen) atoms. The first-order valence-electron chi connectivity index (χ1n) is 21.7. The van der Waals surface area contributed by atoms with Crippen molar-refractivity contribution in [1.29, 1.82) is 0 Å². The van der Waals surface area contributed by atoms with E-state index in [0.717, 1.165) is 82.3 Å². The van der Waals surface area contributed by atoms with Crippen molar-refractivity contribution in [3.8, 4) is 39.9 Å². The lowest BCUT2D eigenvalue weighted by molar-refractivity contribution is 0.673. The van der Waals surface area contributed by atoms with Crippen LogP contribution in [0.15, 0.2) is 211 Å². The molecule has 5 nitrogen and oxygen atoms in total. The van der Waals surface area contributed by atoms with E-state index in [0.29, 0.717) is 17.5 Å². The number of para-hydroxylation sites is 1. The highest BCUT2D eigenvalue weighted by atomic mass is 16.3. The summed E-state index contributed by atoms with van der Waals surface area (Å²) in [5.74, 6) is 1.76. The van der Waals surface area contributed by atoms with Crippen molar-refractivity contribution in [2.45, 2.75) is 0 Å². The number of hydrogen-bond donors (Lipinski definition) is 0. The molecule has 14 rings (SSSR count). The van der Waals surface area contributed by atoms with Crippen LogP contribution in [0.4, 0.5) is 0 Å². The summed E-state index contributed by atoms with van der Waals surface area (Å²) in [6, 6.07) is 73.4. The normalized spacial score (nSPS) is 12.1. The molecule has 0 unspecified atom stereocenters. The summed E-state index contributed by atoms with van der Waals surface area (Å²) in [5.41, 5.74) is 7.66. The lowest BCUT2D eigenvalue weighted by Crippen LogP contribution is -2.01. The zero-order chi connectivity index (χ0) is 41.9. The summed E-state index contributed by atoms with van der Waals surface area (Å²) in [6.07, 6.45) is 0. The van der Waals surface area contributed by atoms with Crippen molar-refractivity contribution >= 4 is 97.6 Å². The SMILES string of the molecule is c1ccc(-c2nc(-c3cc4ccccc4c4ccccc34)nc(-c3cccc4c3oc3c5ccccc5c(-n5c6cc7ccccc7cc6c6cc7ccccc7cc65)cc43)n2)cc1. The summed E-state index contributed by atoms with van der Waals surface area (Å²) in [6.45, 7) is 0. The Hall–Kier alpha value is -8.67. The molecule has 5 heteroatoms. The maximum absolute atomic E-state index is 7.12. The quantitative estimate of drug-likeness (QED) is 0.166. The molecule has 0 spiro atoms. The molecule has 0 saturated carbocycles. The zero-order valence-corrected chi connectivity index (χ0v) is 34.3. The first-order valence-corrected chi connectivity index (χ1v) is 21.7. The molecule has 11 aromatic carbocycles. The van der Waals surface area contributed by atoms with Gasteiger partial charge in [0.2, 0.25) is 0 Å². The third kappa shape index (κ3) is 5.15. The maximum atomic E-state index is 7.12.